The number of hydrogen-bond acceptors (Lipinski definition) is 3. The first-order valence-electron chi connectivity index (χ1n) is 7.41. The first kappa shape index (κ1) is 15.5. The summed E-state index contributed by atoms with van der Waals surface area (Å²) in [5, 5.41) is 12.4. The van der Waals surface area contributed by atoms with Crippen LogP contribution >= 0.6 is 0 Å². The summed E-state index contributed by atoms with van der Waals surface area (Å²) in [5.41, 5.74) is 3.39. The highest BCUT2D eigenvalue weighted by atomic mass is 16.5. The van der Waals surface area contributed by atoms with Gasteiger partial charge in [-0.05, 0) is 48.7 Å². The summed E-state index contributed by atoms with van der Waals surface area (Å²) in [4.78, 5) is 0. The second-order valence-corrected chi connectivity index (χ2v) is 5.06. The lowest BCUT2D eigenvalue weighted by Gasteiger charge is -2.13. The van der Waals surface area contributed by atoms with E-state index in [1.807, 2.05) is 30.3 Å². The van der Waals surface area contributed by atoms with E-state index >= 15 is 0 Å². The number of rotatable bonds is 7. The zero-order valence-corrected chi connectivity index (χ0v) is 12.7. The van der Waals surface area contributed by atoms with Gasteiger partial charge in [-0.2, -0.15) is 0 Å². The number of aliphatic hydroxyl groups excluding tert-OH is 1. The Morgan fingerprint density at radius 1 is 1.10 bits per heavy atom. The summed E-state index contributed by atoms with van der Waals surface area (Å²) in [6, 6.07) is 14.1. The third-order valence-electron chi connectivity index (χ3n) is 3.39. The van der Waals surface area contributed by atoms with Crippen LogP contribution < -0.4 is 10.1 Å². The molecule has 0 heterocycles. The Labute approximate surface area is 126 Å². The second kappa shape index (κ2) is 7.81. The number of aliphatic hydroxyl groups is 1. The summed E-state index contributed by atoms with van der Waals surface area (Å²) in [7, 11) is 0. The minimum Gasteiger partial charge on any atom is -0.457 e. The van der Waals surface area contributed by atoms with E-state index in [2.05, 4.69) is 31.3 Å². The van der Waals surface area contributed by atoms with Crippen LogP contribution in [0, 0.1) is 6.92 Å². The fourth-order valence-electron chi connectivity index (χ4n) is 2.25. The lowest BCUT2D eigenvalue weighted by atomic mass is 10.1. The average molecular weight is 285 g/mol. The summed E-state index contributed by atoms with van der Waals surface area (Å²) < 4.78 is 6.02. The number of ether oxygens (including phenoxy) is 1. The Bertz CT molecular complexity index is 581. The fourth-order valence-corrected chi connectivity index (χ4v) is 2.25. The Hall–Kier alpha value is -1.84. The van der Waals surface area contributed by atoms with Crippen molar-refractivity contribution in [3.05, 3.63) is 59.2 Å². The number of para-hydroxylation sites is 1. The van der Waals surface area contributed by atoms with Crippen molar-refractivity contribution in [2.75, 3.05) is 13.2 Å². The molecule has 0 aromatic heterocycles. The van der Waals surface area contributed by atoms with Gasteiger partial charge in [0.2, 0.25) is 0 Å². The lowest BCUT2D eigenvalue weighted by Crippen LogP contribution is -2.11. The molecule has 0 saturated heterocycles. The molecular weight excluding hydrogens is 262 g/mol. The van der Waals surface area contributed by atoms with E-state index < -0.39 is 0 Å². The van der Waals surface area contributed by atoms with Crippen LogP contribution in [0.2, 0.25) is 0 Å². The molecule has 2 rings (SSSR count). The molecule has 0 spiro atoms. The van der Waals surface area contributed by atoms with Crippen molar-refractivity contribution in [3.63, 3.8) is 0 Å². The van der Waals surface area contributed by atoms with E-state index in [1.54, 1.807) is 0 Å². The number of aryl methyl sites for hydroxylation is 1. The molecule has 3 nitrogen and oxygen atoms in total. The number of hydrogen-bond donors (Lipinski definition) is 2. The van der Waals surface area contributed by atoms with Gasteiger partial charge >= 0.3 is 0 Å². The minimum atomic E-state index is 0.126. The van der Waals surface area contributed by atoms with Crippen molar-refractivity contribution in [2.24, 2.45) is 0 Å². The summed E-state index contributed by atoms with van der Waals surface area (Å²) >= 11 is 0. The van der Waals surface area contributed by atoms with Crippen LogP contribution in [0.1, 0.15) is 23.6 Å². The van der Waals surface area contributed by atoms with Crippen LogP contribution in [-0.2, 0) is 13.0 Å². The van der Waals surface area contributed by atoms with E-state index in [0.717, 1.165) is 35.7 Å². The molecular formula is C18H23NO2. The van der Waals surface area contributed by atoms with Crippen LogP contribution in [0.25, 0.3) is 0 Å². The molecule has 3 heteroatoms. The molecule has 2 aromatic carbocycles. The summed E-state index contributed by atoms with van der Waals surface area (Å²) in [6.45, 7) is 6.12. The highest BCUT2D eigenvalue weighted by molar-refractivity contribution is 5.42. The minimum absolute atomic E-state index is 0.126. The predicted octanol–water partition coefficient (Wildman–Crippen LogP) is 3.43. The third-order valence-corrected chi connectivity index (χ3v) is 3.39. The van der Waals surface area contributed by atoms with Crippen molar-refractivity contribution in [1.82, 2.24) is 5.32 Å². The van der Waals surface area contributed by atoms with Crippen LogP contribution in [0.3, 0.4) is 0 Å². The van der Waals surface area contributed by atoms with Gasteiger partial charge in [0, 0.05) is 13.2 Å². The Morgan fingerprint density at radius 3 is 2.62 bits per heavy atom. The van der Waals surface area contributed by atoms with Crippen LogP contribution in [0.15, 0.2) is 42.5 Å². The molecule has 0 bridgehead atoms. The molecule has 2 aromatic rings. The highest BCUT2D eigenvalue weighted by Gasteiger charge is 2.06. The highest BCUT2D eigenvalue weighted by Crippen LogP contribution is 2.28. The Morgan fingerprint density at radius 2 is 1.90 bits per heavy atom. The molecule has 112 valence electrons. The second-order valence-electron chi connectivity index (χ2n) is 5.06. The lowest BCUT2D eigenvalue weighted by molar-refractivity contribution is 0.298. The maximum Gasteiger partial charge on any atom is 0.130 e. The van der Waals surface area contributed by atoms with E-state index in [4.69, 9.17) is 9.84 Å². The van der Waals surface area contributed by atoms with Gasteiger partial charge in [-0.3, -0.25) is 0 Å². The van der Waals surface area contributed by atoms with E-state index in [0.29, 0.717) is 6.42 Å². The number of benzene rings is 2. The van der Waals surface area contributed by atoms with Gasteiger partial charge in [-0.15, -0.1) is 0 Å². The predicted molar refractivity (Wildman–Crippen MR) is 85.9 cm³/mol. The fraction of sp³-hybridized carbons (Fsp3) is 0.333. The first-order chi connectivity index (χ1) is 10.2. The van der Waals surface area contributed by atoms with Gasteiger partial charge in [0.25, 0.3) is 0 Å². The van der Waals surface area contributed by atoms with Crippen molar-refractivity contribution < 1.29 is 9.84 Å². The molecule has 21 heavy (non-hydrogen) atoms. The molecule has 0 aliphatic heterocycles. The molecule has 0 aliphatic carbocycles. The number of nitrogens with one attached hydrogen (secondary N) is 1. The van der Waals surface area contributed by atoms with Gasteiger partial charge in [0.1, 0.15) is 11.5 Å². The van der Waals surface area contributed by atoms with E-state index in [9.17, 15) is 0 Å². The van der Waals surface area contributed by atoms with E-state index in [1.165, 1.54) is 5.56 Å². The molecule has 0 fully saturated rings. The summed E-state index contributed by atoms with van der Waals surface area (Å²) in [6.07, 6.45) is 0.605. The monoisotopic (exact) mass is 285 g/mol. The zero-order chi connectivity index (χ0) is 15.1. The molecule has 0 unspecified atom stereocenters. The molecule has 0 atom stereocenters. The topological polar surface area (TPSA) is 41.5 Å². The maximum atomic E-state index is 9.12. The standard InChI is InChI=1S/C18H23NO2/c1-3-19-13-15-8-9-17(14(2)12-15)21-18-7-5-4-6-16(18)10-11-20/h4-9,12,19-20H,3,10-11,13H2,1-2H3. The maximum absolute atomic E-state index is 9.12. The molecule has 0 aliphatic rings. The van der Waals surface area contributed by atoms with Crippen molar-refractivity contribution in [2.45, 2.75) is 26.8 Å². The zero-order valence-electron chi connectivity index (χ0n) is 12.7. The smallest absolute Gasteiger partial charge is 0.130 e. The SMILES string of the molecule is CCNCc1ccc(Oc2ccccc2CCO)c(C)c1. The first-order valence-corrected chi connectivity index (χ1v) is 7.41. The van der Waals surface area contributed by atoms with Gasteiger partial charge in [-0.25, -0.2) is 0 Å². The molecule has 2 N–H and O–H groups in total. The Balaban J connectivity index is 2.16. The third kappa shape index (κ3) is 4.31. The summed E-state index contributed by atoms with van der Waals surface area (Å²) in [5.74, 6) is 1.68. The van der Waals surface area contributed by atoms with Gasteiger partial charge < -0.3 is 15.2 Å². The molecule has 0 radical (unpaired) electrons. The Kier molecular flexibility index (Phi) is 5.78. The van der Waals surface area contributed by atoms with Crippen LogP contribution in [0.4, 0.5) is 0 Å². The van der Waals surface area contributed by atoms with Gasteiger partial charge in [0.15, 0.2) is 0 Å². The average Bonchev–Trinajstić information content (AvgIpc) is 2.49. The van der Waals surface area contributed by atoms with Crippen molar-refractivity contribution >= 4 is 0 Å². The van der Waals surface area contributed by atoms with Gasteiger partial charge in [0.05, 0.1) is 0 Å². The largest absolute Gasteiger partial charge is 0.457 e. The molecule has 0 amide bonds. The molecule has 0 saturated carbocycles. The normalized spacial score (nSPS) is 10.6. The van der Waals surface area contributed by atoms with Crippen molar-refractivity contribution in [1.29, 1.82) is 0 Å². The quantitative estimate of drug-likeness (QED) is 0.819. The van der Waals surface area contributed by atoms with Crippen LogP contribution in [-0.4, -0.2) is 18.3 Å². The van der Waals surface area contributed by atoms with Gasteiger partial charge in [-0.1, -0.05) is 37.3 Å². The van der Waals surface area contributed by atoms with E-state index in [-0.39, 0.29) is 6.61 Å². The van der Waals surface area contributed by atoms with Crippen LogP contribution in [0.5, 0.6) is 11.5 Å². The van der Waals surface area contributed by atoms with Crippen molar-refractivity contribution in [3.8, 4) is 11.5 Å².